The fourth-order valence-electron chi connectivity index (χ4n) is 3.20. The molecule has 4 nitrogen and oxygen atoms in total. The molecule has 1 fully saturated rings. The standard InChI is InChI=1S/C13H19N3O/c1-4-10(3)16-12(17)15-11(14)13(16)8-6-5-7-9(13)2/h1,9-10H,5-8H2,2-3H3,(H2,14,15,17). The number of hydrogen-bond donors (Lipinski definition) is 1. The van der Waals surface area contributed by atoms with E-state index >= 15 is 0 Å². The van der Waals surface area contributed by atoms with Crippen LogP contribution in [0.15, 0.2) is 4.99 Å². The molecule has 0 bridgehead atoms. The molecule has 0 aromatic heterocycles. The number of carbonyl (C=O) groups excluding carboxylic acids is 1. The third-order valence-electron chi connectivity index (χ3n) is 4.18. The van der Waals surface area contributed by atoms with E-state index in [4.69, 9.17) is 12.2 Å². The van der Waals surface area contributed by atoms with E-state index in [1.54, 1.807) is 4.90 Å². The van der Waals surface area contributed by atoms with Crippen LogP contribution in [0, 0.1) is 18.3 Å². The molecule has 4 heteroatoms. The van der Waals surface area contributed by atoms with Crippen LogP contribution in [0.5, 0.6) is 0 Å². The van der Waals surface area contributed by atoms with E-state index in [9.17, 15) is 4.79 Å². The molecule has 3 atom stereocenters. The number of nitrogens with two attached hydrogens (primary N) is 1. The highest BCUT2D eigenvalue weighted by Gasteiger charge is 2.54. The van der Waals surface area contributed by atoms with Crippen molar-refractivity contribution in [1.82, 2.24) is 4.90 Å². The number of carbonyl (C=O) groups is 1. The average molecular weight is 233 g/mol. The van der Waals surface area contributed by atoms with Gasteiger partial charge in [-0.25, -0.2) is 4.79 Å². The lowest BCUT2D eigenvalue weighted by Gasteiger charge is -2.46. The van der Waals surface area contributed by atoms with Gasteiger partial charge in [-0.1, -0.05) is 25.7 Å². The summed E-state index contributed by atoms with van der Waals surface area (Å²) in [6, 6.07) is -0.533. The minimum absolute atomic E-state index is 0.257. The summed E-state index contributed by atoms with van der Waals surface area (Å²) in [5.41, 5.74) is 5.60. The van der Waals surface area contributed by atoms with Gasteiger partial charge < -0.3 is 5.73 Å². The Morgan fingerprint density at radius 3 is 2.94 bits per heavy atom. The minimum atomic E-state index is -0.429. The summed E-state index contributed by atoms with van der Waals surface area (Å²) in [6.07, 6.45) is 9.66. The zero-order valence-electron chi connectivity index (χ0n) is 10.4. The van der Waals surface area contributed by atoms with E-state index in [-0.39, 0.29) is 12.1 Å². The molecule has 92 valence electrons. The second-order valence-corrected chi connectivity index (χ2v) is 5.06. The fourth-order valence-corrected chi connectivity index (χ4v) is 3.20. The van der Waals surface area contributed by atoms with Crippen LogP contribution < -0.4 is 5.73 Å². The molecule has 1 heterocycles. The predicted octanol–water partition coefficient (Wildman–Crippen LogP) is 1.75. The van der Waals surface area contributed by atoms with Crippen LogP contribution in [0.3, 0.4) is 0 Å². The van der Waals surface area contributed by atoms with Gasteiger partial charge in [0.25, 0.3) is 0 Å². The SMILES string of the molecule is C#CC(C)N1C(=O)N=C(N)C12CCCCC2C. The molecule has 2 amide bonds. The summed E-state index contributed by atoms with van der Waals surface area (Å²) in [5, 5.41) is 0. The van der Waals surface area contributed by atoms with Gasteiger partial charge in [0.05, 0.1) is 6.04 Å². The highest BCUT2D eigenvalue weighted by Crippen LogP contribution is 2.42. The van der Waals surface area contributed by atoms with Crippen molar-refractivity contribution in [3.05, 3.63) is 0 Å². The van der Waals surface area contributed by atoms with Crippen molar-refractivity contribution < 1.29 is 4.79 Å². The molecule has 0 aromatic carbocycles. The molecular formula is C13H19N3O. The maximum Gasteiger partial charge on any atom is 0.347 e. The van der Waals surface area contributed by atoms with Crippen molar-refractivity contribution in [2.24, 2.45) is 16.6 Å². The van der Waals surface area contributed by atoms with E-state index in [1.165, 1.54) is 6.42 Å². The number of amidine groups is 1. The Morgan fingerprint density at radius 2 is 2.35 bits per heavy atom. The Labute approximate surface area is 102 Å². The molecule has 2 N–H and O–H groups in total. The van der Waals surface area contributed by atoms with Crippen LogP contribution in [0.1, 0.15) is 39.5 Å². The second-order valence-electron chi connectivity index (χ2n) is 5.06. The first kappa shape index (κ1) is 12.0. The van der Waals surface area contributed by atoms with E-state index in [1.807, 2.05) is 6.92 Å². The quantitative estimate of drug-likeness (QED) is 0.701. The number of urea groups is 1. The van der Waals surface area contributed by atoms with Crippen LogP contribution >= 0.6 is 0 Å². The van der Waals surface area contributed by atoms with Crippen molar-refractivity contribution in [1.29, 1.82) is 0 Å². The van der Waals surface area contributed by atoms with Gasteiger partial charge in [0.15, 0.2) is 0 Å². The highest BCUT2D eigenvalue weighted by molar-refractivity contribution is 6.06. The largest absolute Gasteiger partial charge is 0.385 e. The van der Waals surface area contributed by atoms with Crippen LogP contribution in [0.25, 0.3) is 0 Å². The maximum atomic E-state index is 12.0. The van der Waals surface area contributed by atoms with Crippen molar-refractivity contribution in [3.8, 4) is 12.3 Å². The zero-order chi connectivity index (χ0) is 12.6. The van der Waals surface area contributed by atoms with Gasteiger partial charge in [0.2, 0.25) is 0 Å². The second kappa shape index (κ2) is 4.06. The lowest BCUT2D eigenvalue weighted by Crippen LogP contribution is -2.61. The van der Waals surface area contributed by atoms with Crippen LogP contribution in [0.4, 0.5) is 4.79 Å². The van der Waals surface area contributed by atoms with E-state index in [0.29, 0.717) is 11.8 Å². The van der Waals surface area contributed by atoms with Crippen LogP contribution in [-0.4, -0.2) is 28.3 Å². The summed E-state index contributed by atoms with van der Waals surface area (Å²) >= 11 is 0. The molecule has 3 unspecified atom stereocenters. The van der Waals surface area contributed by atoms with E-state index < -0.39 is 5.54 Å². The minimum Gasteiger partial charge on any atom is -0.385 e. The highest BCUT2D eigenvalue weighted by atomic mass is 16.2. The topological polar surface area (TPSA) is 58.7 Å². The predicted molar refractivity (Wildman–Crippen MR) is 67.5 cm³/mol. The number of terminal acetylenes is 1. The Balaban J connectivity index is 2.44. The normalized spacial score (nSPS) is 34.6. The first-order valence-corrected chi connectivity index (χ1v) is 6.18. The molecule has 1 aliphatic carbocycles. The lowest BCUT2D eigenvalue weighted by atomic mass is 9.72. The van der Waals surface area contributed by atoms with Gasteiger partial charge in [0.1, 0.15) is 11.4 Å². The molecule has 0 aromatic rings. The van der Waals surface area contributed by atoms with E-state index in [0.717, 1.165) is 19.3 Å². The first-order valence-electron chi connectivity index (χ1n) is 6.18. The van der Waals surface area contributed by atoms with Gasteiger partial charge in [-0.3, -0.25) is 4.90 Å². The molecule has 2 rings (SSSR count). The fraction of sp³-hybridized carbons (Fsp3) is 0.692. The summed E-state index contributed by atoms with van der Waals surface area (Å²) in [6.45, 7) is 3.99. The van der Waals surface area contributed by atoms with Gasteiger partial charge >= 0.3 is 6.03 Å². The molecular weight excluding hydrogens is 214 g/mol. The van der Waals surface area contributed by atoms with Crippen molar-refractivity contribution >= 4 is 11.9 Å². The number of nitrogens with zero attached hydrogens (tertiary/aromatic N) is 2. The van der Waals surface area contributed by atoms with Crippen LogP contribution in [-0.2, 0) is 0 Å². The third kappa shape index (κ3) is 1.53. The summed E-state index contributed by atoms with van der Waals surface area (Å²) in [5.74, 6) is 3.40. The molecule has 1 aliphatic heterocycles. The Morgan fingerprint density at radius 1 is 1.65 bits per heavy atom. The van der Waals surface area contributed by atoms with Gasteiger partial charge in [-0.15, -0.1) is 6.42 Å². The van der Waals surface area contributed by atoms with Gasteiger partial charge in [-0.2, -0.15) is 4.99 Å². The lowest BCUT2D eigenvalue weighted by molar-refractivity contribution is 0.0907. The molecule has 1 saturated carbocycles. The average Bonchev–Trinajstić information content (AvgIpc) is 2.55. The van der Waals surface area contributed by atoms with Crippen LogP contribution in [0.2, 0.25) is 0 Å². The zero-order valence-corrected chi connectivity index (χ0v) is 10.4. The van der Waals surface area contributed by atoms with Crippen molar-refractivity contribution in [2.75, 3.05) is 0 Å². The van der Waals surface area contributed by atoms with E-state index in [2.05, 4.69) is 17.8 Å². The Hall–Kier alpha value is -1.50. The summed E-state index contributed by atoms with van der Waals surface area (Å²) < 4.78 is 0. The monoisotopic (exact) mass is 233 g/mol. The van der Waals surface area contributed by atoms with Gasteiger partial charge in [-0.05, 0) is 25.7 Å². The Kier molecular flexibility index (Phi) is 2.86. The molecule has 0 radical (unpaired) electrons. The smallest absolute Gasteiger partial charge is 0.347 e. The molecule has 1 spiro atoms. The number of rotatable bonds is 1. The van der Waals surface area contributed by atoms with Crippen molar-refractivity contribution in [3.63, 3.8) is 0 Å². The summed E-state index contributed by atoms with van der Waals surface area (Å²) in [4.78, 5) is 17.6. The summed E-state index contributed by atoms with van der Waals surface area (Å²) in [7, 11) is 0. The molecule has 17 heavy (non-hydrogen) atoms. The van der Waals surface area contributed by atoms with Crippen molar-refractivity contribution in [2.45, 2.75) is 51.1 Å². The third-order valence-corrected chi connectivity index (χ3v) is 4.18. The number of aliphatic imine (C=N–C) groups is 1. The van der Waals surface area contributed by atoms with Gasteiger partial charge in [0, 0.05) is 0 Å². The Bertz CT molecular complexity index is 409. The maximum absolute atomic E-state index is 12.0. The molecule has 2 aliphatic rings. The number of amides is 2. The number of hydrogen-bond acceptors (Lipinski definition) is 2. The first-order chi connectivity index (χ1) is 8.04. The molecule has 0 saturated heterocycles.